The highest BCUT2D eigenvalue weighted by atomic mass is 19.1. The summed E-state index contributed by atoms with van der Waals surface area (Å²) in [6.45, 7) is -0.105. The summed E-state index contributed by atoms with van der Waals surface area (Å²) in [5.41, 5.74) is -0.319. The van der Waals surface area contributed by atoms with Gasteiger partial charge in [-0.05, 0) is 0 Å². The summed E-state index contributed by atoms with van der Waals surface area (Å²) in [5.74, 6) is -1.68. The van der Waals surface area contributed by atoms with E-state index in [1.54, 1.807) is 0 Å². The summed E-state index contributed by atoms with van der Waals surface area (Å²) >= 11 is 0. The maximum absolute atomic E-state index is 13.1. The molecule has 0 fully saturated rings. The molecule has 1 aromatic heterocycles. The molecule has 1 heterocycles. The number of hydrogen-bond donors (Lipinski definition) is 1. The highest BCUT2D eigenvalue weighted by Crippen LogP contribution is 2.07. The number of methoxy groups -OCH3 is 1. The molecule has 0 aromatic carbocycles. The number of nitrogens with zero attached hydrogens (tertiary/aromatic N) is 2. The second-order valence-electron chi connectivity index (χ2n) is 2.46. The minimum Gasteiger partial charge on any atom is -0.411 e. The Hall–Kier alpha value is -1.56. The monoisotopic (exact) mass is 202 g/mol. The van der Waals surface area contributed by atoms with Crippen LogP contribution >= 0.6 is 0 Å². The van der Waals surface area contributed by atoms with Gasteiger partial charge >= 0.3 is 0 Å². The van der Waals surface area contributed by atoms with Crippen molar-refractivity contribution in [1.29, 1.82) is 0 Å². The minimum atomic E-state index is -0.894. The molecule has 0 aliphatic rings. The molecule has 0 aliphatic carbocycles. The lowest BCUT2D eigenvalue weighted by Gasteiger charge is -2.03. The maximum Gasteiger partial charge on any atom is 0.153 e. The lowest BCUT2D eigenvalue weighted by Crippen LogP contribution is -2.13. The Kier molecular flexibility index (Phi) is 3.47. The van der Waals surface area contributed by atoms with Crippen molar-refractivity contribution in [1.82, 2.24) is 4.98 Å². The van der Waals surface area contributed by atoms with Gasteiger partial charge in [0.1, 0.15) is 17.2 Å². The second kappa shape index (κ2) is 4.61. The molecule has 0 unspecified atom stereocenters. The van der Waals surface area contributed by atoms with Crippen molar-refractivity contribution in [2.45, 2.75) is 0 Å². The minimum absolute atomic E-state index is 0.0926. The largest absolute Gasteiger partial charge is 0.411 e. The van der Waals surface area contributed by atoms with Gasteiger partial charge in [-0.3, -0.25) is 0 Å². The Morgan fingerprint density at radius 3 is 2.86 bits per heavy atom. The third-order valence-electron chi connectivity index (χ3n) is 1.48. The molecule has 0 bridgehead atoms. The van der Waals surface area contributed by atoms with E-state index in [1.165, 1.54) is 7.11 Å². The van der Waals surface area contributed by atoms with Crippen molar-refractivity contribution >= 4 is 5.71 Å². The fraction of sp³-hybridized carbons (Fsp3) is 0.250. The topological polar surface area (TPSA) is 54.7 Å². The van der Waals surface area contributed by atoms with Crippen LogP contribution in [0.4, 0.5) is 8.78 Å². The zero-order chi connectivity index (χ0) is 10.6. The smallest absolute Gasteiger partial charge is 0.153 e. The maximum atomic E-state index is 13.1. The Morgan fingerprint density at radius 1 is 1.64 bits per heavy atom. The zero-order valence-corrected chi connectivity index (χ0v) is 7.37. The van der Waals surface area contributed by atoms with Crippen molar-refractivity contribution in [2.24, 2.45) is 5.16 Å². The first-order chi connectivity index (χ1) is 6.69. The molecule has 14 heavy (non-hydrogen) atoms. The zero-order valence-electron chi connectivity index (χ0n) is 7.37. The lowest BCUT2D eigenvalue weighted by atomic mass is 10.2. The predicted molar refractivity (Wildman–Crippen MR) is 44.4 cm³/mol. The van der Waals surface area contributed by atoms with Crippen LogP contribution in [0.5, 0.6) is 0 Å². The molecule has 0 saturated heterocycles. The normalized spacial score (nSPS) is 11.8. The van der Waals surface area contributed by atoms with Crippen molar-refractivity contribution < 1.29 is 18.7 Å². The standard InChI is InChI=1S/C8H8F2N2O2/c1-14-4-7(12-13)8-6(10)2-5(9)3-11-8/h2-3,13H,4H2,1H3. The summed E-state index contributed by atoms with van der Waals surface area (Å²) in [6.07, 6.45) is 0.833. The Labute approximate surface area is 78.8 Å². The van der Waals surface area contributed by atoms with Crippen molar-refractivity contribution in [2.75, 3.05) is 13.7 Å². The van der Waals surface area contributed by atoms with E-state index in [9.17, 15) is 8.78 Å². The van der Waals surface area contributed by atoms with Crippen molar-refractivity contribution in [3.63, 3.8) is 0 Å². The number of halogens is 2. The SMILES string of the molecule is COCC(=NO)c1ncc(F)cc1F. The van der Waals surface area contributed by atoms with Gasteiger partial charge in [0.2, 0.25) is 0 Å². The Bertz CT molecular complexity index is 355. The molecule has 0 radical (unpaired) electrons. The molecule has 0 atom stereocenters. The van der Waals surface area contributed by atoms with E-state index in [1.807, 2.05) is 0 Å². The lowest BCUT2D eigenvalue weighted by molar-refractivity contribution is 0.237. The van der Waals surface area contributed by atoms with Crippen molar-refractivity contribution in [3.05, 3.63) is 29.6 Å². The highest BCUT2D eigenvalue weighted by molar-refractivity contribution is 5.99. The third-order valence-corrected chi connectivity index (χ3v) is 1.48. The van der Waals surface area contributed by atoms with Crippen LogP contribution in [-0.4, -0.2) is 29.6 Å². The van der Waals surface area contributed by atoms with Gasteiger partial charge in [-0.25, -0.2) is 13.8 Å². The van der Waals surface area contributed by atoms with Crippen LogP contribution in [0.1, 0.15) is 5.69 Å². The van der Waals surface area contributed by atoms with Crippen molar-refractivity contribution in [3.8, 4) is 0 Å². The Morgan fingerprint density at radius 2 is 2.36 bits per heavy atom. The Balaban J connectivity index is 3.05. The first-order valence-corrected chi connectivity index (χ1v) is 3.70. The molecule has 0 spiro atoms. The molecule has 1 aromatic rings. The molecular weight excluding hydrogens is 194 g/mol. The van der Waals surface area contributed by atoms with E-state index in [4.69, 9.17) is 5.21 Å². The van der Waals surface area contributed by atoms with Gasteiger partial charge in [-0.1, -0.05) is 5.16 Å². The van der Waals surface area contributed by atoms with Crippen LogP contribution in [-0.2, 0) is 4.74 Å². The van der Waals surface area contributed by atoms with Crippen LogP contribution in [0.3, 0.4) is 0 Å². The summed E-state index contributed by atoms with van der Waals surface area (Å²) in [5, 5.41) is 11.3. The first kappa shape index (κ1) is 10.5. The molecule has 0 aliphatic heterocycles. The molecule has 0 saturated carbocycles. The molecule has 1 N–H and O–H groups in total. The second-order valence-corrected chi connectivity index (χ2v) is 2.46. The van der Waals surface area contributed by atoms with Gasteiger partial charge in [0.25, 0.3) is 0 Å². The van der Waals surface area contributed by atoms with Gasteiger partial charge in [0.15, 0.2) is 5.82 Å². The van der Waals surface area contributed by atoms with Crippen LogP contribution in [0.15, 0.2) is 17.4 Å². The first-order valence-electron chi connectivity index (χ1n) is 3.70. The summed E-state index contributed by atoms with van der Waals surface area (Å²) in [7, 11) is 1.35. The van der Waals surface area contributed by atoms with Crippen LogP contribution in [0, 0.1) is 11.6 Å². The quantitative estimate of drug-likeness (QED) is 0.455. The van der Waals surface area contributed by atoms with Gasteiger partial charge in [0, 0.05) is 13.2 Å². The molecule has 0 amide bonds. The molecule has 1 rings (SSSR count). The molecular formula is C8H8F2N2O2. The van der Waals surface area contributed by atoms with E-state index >= 15 is 0 Å². The van der Waals surface area contributed by atoms with E-state index in [-0.39, 0.29) is 18.0 Å². The number of ether oxygens (including phenoxy) is 1. The van der Waals surface area contributed by atoms with E-state index < -0.39 is 11.6 Å². The fourth-order valence-electron chi connectivity index (χ4n) is 0.908. The summed E-state index contributed by atoms with van der Waals surface area (Å²) in [6, 6.07) is 0.656. The number of aromatic nitrogens is 1. The third kappa shape index (κ3) is 2.23. The molecule has 4 nitrogen and oxygen atoms in total. The summed E-state index contributed by atoms with van der Waals surface area (Å²) < 4.78 is 30.2. The van der Waals surface area contributed by atoms with Crippen LogP contribution in [0.2, 0.25) is 0 Å². The average Bonchev–Trinajstić information content (AvgIpc) is 2.15. The van der Waals surface area contributed by atoms with Crippen LogP contribution < -0.4 is 0 Å². The van der Waals surface area contributed by atoms with E-state index in [2.05, 4.69) is 14.9 Å². The number of rotatable bonds is 3. The van der Waals surface area contributed by atoms with Gasteiger partial charge in [0.05, 0.1) is 12.8 Å². The highest BCUT2D eigenvalue weighted by Gasteiger charge is 2.12. The van der Waals surface area contributed by atoms with Gasteiger partial charge in [-0.2, -0.15) is 0 Å². The molecule has 6 heteroatoms. The number of pyridine rings is 1. The van der Waals surface area contributed by atoms with E-state index in [0.717, 1.165) is 6.20 Å². The number of hydrogen-bond acceptors (Lipinski definition) is 4. The van der Waals surface area contributed by atoms with Crippen LogP contribution in [0.25, 0.3) is 0 Å². The fourth-order valence-corrected chi connectivity index (χ4v) is 0.908. The summed E-state index contributed by atoms with van der Waals surface area (Å²) in [4.78, 5) is 3.45. The average molecular weight is 202 g/mol. The van der Waals surface area contributed by atoms with E-state index in [0.29, 0.717) is 6.07 Å². The van der Waals surface area contributed by atoms with Gasteiger partial charge < -0.3 is 9.94 Å². The molecule has 76 valence electrons. The predicted octanol–water partition coefficient (Wildman–Crippen LogP) is 1.18. The van der Waals surface area contributed by atoms with Gasteiger partial charge in [-0.15, -0.1) is 0 Å². The number of oxime groups is 1.